The fourth-order valence-electron chi connectivity index (χ4n) is 2.81. The van der Waals surface area contributed by atoms with Crippen LogP contribution in [0.25, 0.3) is 0 Å². The maximum atomic E-state index is 10.8. The third kappa shape index (κ3) is 0.797. The molecule has 0 unspecified atom stereocenters. The van der Waals surface area contributed by atoms with Gasteiger partial charge in [-0.2, -0.15) is 0 Å². The standard InChI is InChI=1S/C6H7O2.3CH3.Sn/c7-5(8)6-1-4(2-6)3-6;;;;/h1-3H2,(H,7,8);3*1H3;. The normalized spacial score (nSPS) is 44.6. The van der Waals surface area contributed by atoms with Gasteiger partial charge < -0.3 is 0 Å². The number of carboxylic acids is 1. The van der Waals surface area contributed by atoms with Gasteiger partial charge in [-0.3, -0.25) is 0 Å². The van der Waals surface area contributed by atoms with Crippen LogP contribution in [0, 0.1) is 5.41 Å². The van der Waals surface area contributed by atoms with E-state index in [0.29, 0.717) is 3.43 Å². The van der Waals surface area contributed by atoms with Gasteiger partial charge in [0.15, 0.2) is 0 Å². The van der Waals surface area contributed by atoms with E-state index in [2.05, 4.69) is 14.8 Å². The van der Waals surface area contributed by atoms with Crippen LogP contribution < -0.4 is 0 Å². The second-order valence-corrected chi connectivity index (χ2v) is 21.5. The molecule has 0 aromatic rings. The van der Waals surface area contributed by atoms with E-state index in [1.807, 2.05) is 0 Å². The Hall–Kier alpha value is 0.269. The van der Waals surface area contributed by atoms with Crippen LogP contribution in [0.5, 0.6) is 0 Å². The Bertz CT molecular complexity index is 232. The molecule has 0 amide bonds. The molecule has 0 aromatic carbocycles. The zero-order valence-corrected chi connectivity index (χ0v) is 10.8. The Balaban J connectivity index is 2.09. The summed E-state index contributed by atoms with van der Waals surface area (Å²) < 4.78 is 0.576. The Kier molecular flexibility index (Phi) is 1.49. The molecule has 12 heavy (non-hydrogen) atoms. The molecular weight excluding hydrogens is 259 g/mol. The zero-order chi connectivity index (χ0) is 9.20. The molecule has 3 fully saturated rings. The number of hydrogen-bond donors (Lipinski definition) is 1. The fourth-order valence-corrected chi connectivity index (χ4v) is 10.2. The summed E-state index contributed by atoms with van der Waals surface area (Å²) in [7, 11) is 0. The first-order valence-corrected chi connectivity index (χ1v) is 14.5. The van der Waals surface area contributed by atoms with Gasteiger partial charge in [0.1, 0.15) is 0 Å². The van der Waals surface area contributed by atoms with Crippen molar-refractivity contribution in [1.82, 2.24) is 0 Å². The van der Waals surface area contributed by atoms with E-state index in [9.17, 15) is 4.79 Å². The van der Waals surface area contributed by atoms with E-state index >= 15 is 0 Å². The number of aliphatic carboxylic acids is 1. The molecule has 0 saturated heterocycles. The molecule has 1 N–H and O–H groups in total. The van der Waals surface area contributed by atoms with Crippen LogP contribution in [0.15, 0.2) is 0 Å². The van der Waals surface area contributed by atoms with E-state index in [1.165, 1.54) is 0 Å². The topological polar surface area (TPSA) is 37.3 Å². The predicted octanol–water partition coefficient (Wildman–Crippen LogP) is 2.33. The first kappa shape index (κ1) is 8.85. The van der Waals surface area contributed by atoms with Crippen molar-refractivity contribution in [2.75, 3.05) is 0 Å². The second-order valence-electron chi connectivity index (χ2n) is 5.65. The fraction of sp³-hybridized carbons (Fsp3) is 0.889. The molecule has 0 radical (unpaired) electrons. The van der Waals surface area contributed by atoms with Crippen molar-refractivity contribution in [3.05, 3.63) is 0 Å². The Morgan fingerprint density at radius 1 is 1.25 bits per heavy atom. The van der Waals surface area contributed by atoms with Gasteiger partial charge in [-0.25, -0.2) is 0 Å². The van der Waals surface area contributed by atoms with E-state index in [4.69, 9.17) is 5.11 Å². The van der Waals surface area contributed by atoms with Crippen LogP contribution >= 0.6 is 0 Å². The molecule has 3 heteroatoms. The Morgan fingerprint density at radius 2 is 1.67 bits per heavy atom. The van der Waals surface area contributed by atoms with Gasteiger partial charge in [0.25, 0.3) is 0 Å². The van der Waals surface area contributed by atoms with E-state index in [1.54, 1.807) is 0 Å². The van der Waals surface area contributed by atoms with Crippen LogP contribution in [0.3, 0.4) is 0 Å². The van der Waals surface area contributed by atoms with Crippen molar-refractivity contribution in [2.45, 2.75) is 37.5 Å². The number of hydrogen-bond acceptors (Lipinski definition) is 1. The van der Waals surface area contributed by atoms with Gasteiger partial charge in [0, 0.05) is 0 Å². The molecule has 3 aliphatic rings. The minimum absolute atomic E-state index is 0.246. The van der Waals surface area contributed by atoms with Gasteiger partial charge in [0.05, 0.1) is 0 Å². The van der Waals surface area contributed by atoms with Crippen molar-refractivity contribution < 1.29 is 9.90 Å². The molecule has 0 aliphatic heterocycles. The van der Waals surface area contributed by atoms with Crippen molar-refractivity contribution in [2.24, 2.45) is 5.41 Å². The average molecular weight is 275 g/mol. The first-order chi connectivity index (χ1) is 5.31. The quantitative estimate of drug-likeness (QED) is 0.785. The van der Waals surface area contributed by atoms with E-state index < -0.39 is 24.3 Å². The summed E-state index contributed by atoms with van der Waals surface area (Å²) in [4.78, 5) is 18.1. The maximum absolute atomic E-state index is 10.8. The summed E-state index contributed by atoms with van der Waals surface area (Å²) in [5.74, 6) is -0.542. The summed E-state index contributed by atoms with van der Waals surface area (Å²) >= 11 is -1.80. The van der Waals surface area contributed by atoms with Crippen LogP contribution in [-0.4, -0.2) is 29.5 Å². The van der Waals surface area contributed by atoms with Gasteiger partial charge in [-0.05, 0) is 0 Å². The average Bonchev–Trinajstić information content (AvgIpc) is 1.46. The molecule has 0 heterocycles. The molecule has 3 rings (SSSR count). The van der Waals surface area contributed by atoms with Crippen LogP contribution in [0.2, 0.25) is 18.2 Å². The van der Waals surface area contributed by atoms with Gasteiger partial charge >= 0.3 is 77.2 Å². The van der Waals surface area contributed by atoms with Crippen LogP contribution in [0.4, 0.5) is 0 Å². The van der Waals surface area contributed by atoms with Crippen molar-refractivity contribution >= 4 is 24.3 Å². The summed E-state index contributed by atoms with van der Waals surface area (Å²) in [5, 5.41) is 8.93. The SMILES string of the molecule is [CH3][Sn]([CH3])([CH3])[C]12CC(C(=O)O)(C1)C2. The van der Waals surface area contributed by atoms with E-state index in [-0.39, 0.29) is 5.41 Å². The molecule has 0 atom stereocenters. The third-order valence-electron chi connectivity index (χ3n) is 4.07. The predicted molar refractivity (Wildman–Crippen MR) is 50.0 cm³/mol. The number of rotatable bonds is 2. The monoisotopic (exact) mass is 276 g/mol. The van der Waals surface area contributed by atoms with Gasteiger partial charge in [0.2, 0.25) is 0 Å². The summed E-state index contributed by atoms with van der Waals surface area (Å²) in [6, 6.07) is 0. The third-order valence-corrected chi connectivity index (χ3v) is 14.7. The minimum atomic E-state index is -1.80. The van der Waals surface area contributed by atoms with E-state index in [0.717, 1.165) is 19.3 Å². The molecule has 0 spiro atoms. The van der Waals surface area contributed by atoms with Crippen molar-refractivity contribution in [3.63, 3.8) is 0 Å². The Morgan fingerprint density at radius 3 is 1.92 bits per heavy atom. The van der Waals surface area contributed by atoms with Crippen molar-refractivity contribution in [1.29, 1.82) is 0 Å². The molecule has 3 aliphatic carbocycles. The molecule has 2 nitrogen and oxygen atoms in total. The zero-order valence-electron chi connectivity index (χ0n) is 7.98. The molecule has 0 aromatic heterocycles. The van der Waals surface area contributed by atoms with Crippen LogP contribution in [0.1, 0.15) is 19.3 Å². The Labute approximate surface area is 77.2 Å². The first-order valence-electron chi connectivity index (χ1n) is 4.55. The second kappa shape index (κ2) is 2.02. The summed E-state index contributed by atoms with van der Waals surface area (Å²) in [5.41, 5.74) is -0.246. The van der Waals surface area contributed by atoms with Crippen molar-refractivity contribution in [3.8, 4) is 0 Å². The molecule has 2 bridgehead atoms. The molecular formula is C9H16O2Sn. The number of carboxylic acid groups (broad SMARTS) is 1. The van der Waals surface area contributed by atoms with Crippen LogP contribution in [-0.2, 0) is 4.79 Å². The molecule has 68 valence electrons. The number of carbonyl (C=O) groups is 1. The summed E-state index contributed by atoms with van der Waals surface area (Å²) in [6.45, 7) is 0. The molecule has 3 saturated carbocycles. The summed E-state index contributed by atoms with van der Waals surface area (Å²) in [6.07, 6.45) is 3.03. The van der Waals surface area contributed by atoms with Gasteiger partial charge in [-0.1, -0.05) is 0 Å². The van der Waals surface area contributed by atoms with Gasteiger partial charge in [-0.15, -0.1) is 0 Å².